The molecule has 4 heteroatoms. The predicted octanol–water partition coefficient (Wildman–Crippen LogP) is 1.17. The van der Waals surface area contributed by atoms with Crippen LogP contribution in [0.25, 0.3) is 5.69 Å². The molecule has 1 heterocycles. The minimum Gasteiger partial charge on any atom is -0.497 e. The zero-order chi connectivity index (χ0) is 9.97. The van der Waals surface area contributed by atoms with E-state index in [2.05, 4.69) is 4.98 Å². The summed E-state index contributed by atoms with van der Waals surface area (Å²) in [5, 5.41) is 0. The predicted molar refractivity (Wildman–Crippen MR) is 52.9 cm³/mol. The molecule has 14 heavy (non-hydrogen) atoms. The van der Waals surface area contributed by atoms with Gasteiger partial charge in [-0.1, -0.05) is 0 Å². The second kappa shape index (κ2) is 3.41. The van der Waals surface area contributed by atoms with E-state index < -0.39 is 0 Å². The third kappa shape index (κ3) is 1.42. The Morgan fingerprint density at radius 1 is 1.29 bits per heavy atom. The van der Waals surface area contributed by atoms with Crippen LogP contribution in [0.2, 0.25) is 0 Å². The van der Waals surface area contributed by atoms with Crippen LogP contribution in [-0.4, -0.2) is 16.7 Å². The smallest absolute Gasteiger partial charge is 0.330 e. The van der Waals surface area contributed by atoms with Gasteiger partial charge in [0.2, 0.25) is 0 Å². The standard InChI is InChI=1S/C10H10N2O2/c1-14-9-4-2-8(3-5-9)12-7-6-11-10(12)13/h2-7H,1H3,(H,11,13). The van der Waals surface area contributed by atoms with E-state index in [0.29, 0.717) is 0 Å². The monoisotopic (exact) mass is 190 g/mol. The first-order chi connectivity index (χ1) is 6.81. The lowest BCUT2D eigenvalue weighted by atomic mass is 10.3. The van der Waals surface area contributed by atoms with Crippen molar-refractivity contribution in [2.75, 3.05) is 7.11 Å². The van der Waals surface area contributed by atoms with Crippen LogP contribution in [-0.2, 0) is 0 Å². The zero-order valence-electron chi connectivity index (χ0n) is 7.73. The largest absolute Gasteiger partial charge is 0.497 e. The van der Waals surface area contributed by atoms with Gasteiger partial charge in [0.05, 0.1) is 12.8 Å². The van der Waals surface area contributed by atoms with E-state index >= 15 is 0 Å². The van der Waals surface area contributed by atoms with E-state index in [9.17, 15) is 4.79 Å². The molecule has 2 rings (SSSR count). The van der Waals surface area contributed by atoms with Crippen molar-refractivity contribution in [1.82, 2.24) is 9.55 Å². The number of benzene rings is 1. The Kier molecular flexibility index (Phi) is 2.10. The second-order valence-corrected chi connectivity index (χ2v) is 2.83. The van der Waals surface area contributed by atoms with Crippen molar-refractivity contribution >= 4 is 0 Å². The van der Waals surface area contributed by atoms with Gasteiger partial charge in [0, 0.05) is 12.4 Å². The first kappa shape index (κ1) is 8.62. The van der Waals surface area contributed by atoms with E-state index in [0.717, 1.165) is 11.4 Å². The summed E-state index contributed by atoms with van der Waals surface area (Å²) in [4.78, 5) is 13.8. The Morgan fingerprint density at radius 2 is 2.00 bits per heavy atom. The highest BCUT2D eigenvalue weighted by Crippen LogP contribution is 2.12. The molecule has 0 aliphatic rings. The van der Waals surface area contributed by atoms with Crippen LogP contribution in [0.4, 0.5) is 0 Å². The third-order valence-corrected chi connectivity index (χ3v) is 2.00. The van der Waals surface area contributed by atoms with Crippen LogP contribution >= 0.6 is 0 Å². The minimum absolute atomic E-state index is 0.143. The molecule has 0 spiro atoms. The number of nitrogens with one attached hydrogen (secondary N) is 1. The number of ether oxygens (including phenoxy) is 1. The number of hydrogen-bond acceptors (Lipinski definition) is 2. The zero-order valence-corrected chi connectivity index (χ0v) is 7.73. The minimum atomic E-state index is -0.143. The van der Waals surface area contributed by atoms with E-state index in [4.69, 9.17) is 4.74 Å². The van der Waals surface area contributed by atoms with Crippen molar-refractivity contribution in [3.05, 3.63) is 47.1 Å². The number of hydrogen-bond donors (Lipinski definition) is 1. The van der Waals surface area contributed by atoms with Gasteiger partial charge in [-0.05, 0) is 24.3 Å². The summed E-state index contributed by atoms with van der Waals surface area (Å²) >= 11 is 0. The lowest BCUT2D eigenvalue weighted by Crippen LogP contribution is -2.13. The van der Waals surface area contributed by atoms with Gasteiger partial charge in [-0.25, -0.2) is 4.79 Å². The fraction of sp³-hybridized carbons (Fsp3) is 0.100. The summed E-state index contributed by atoms with van der Waals surface area (Å²) in [6, 6.07) is 7.28. The van der Waals surface area contributed by atoms with Crippen LogP contribution < -0.4 is 10.4 Å². The average Bonchev–Trinajstić information content (AvgIpc) is 2.65. The first-order valence-electron chi connectivity index (χ1n) is 4.22. The fourth-order valence-corrected chi connectivity index (χ4v) is 1.27. The van der Waals surface area contributed by atoms with Crippen molar-refractivity contribution in [1.29, 1.82) is 0 Å². The SMILES string of the molecule is COc1ccc(-n2cc[nH]c2=O)cc1. The summed E-state index contributed by atoms with van der Waals surface area (Å²) in [5.41, 5.74) is 0.673. The molecule has 0 saturated carbocycles. The lowest BCUT2D eigenvalue weighted by molar-refractivity contribution is 0.414. The number of aromatic amines is 1. The molecule has 1 aromatic carbocycles. The Bertz CT molecular complexity index is 467. The molecule has 0 aliphatic heterocycles. The molecule has 0 radical (unpaired) electrons. The summed E-state index contributed by atoms with van der Waals surface area (Å²) in [7, 11) is 1.61. The molecule has 0 bridgehead atoms. The molecular weight excluding hydrogens is 180 g/mol. The summed E-state index contributed by atoms with van der Waals surface area (Å²) < 4.78 is 6.55. The van der Waals surface area contributed by atoms with Crippen LogP contribution in [0.3, 0.4) is 0 Å². The molecule has 0 atom stereocenters. The van der Waals surface area contributed by atoms with Crippen molar-refractivity contribution in [2.24, 2.45) is 0 Å². The van der Waals surface area contributed by atoms with Gasteiger partial charge in [0.25, 0.3) is 0 Å². The highest BCUT2D eigenvalue weighted by Gasteiger charge is 1.99. The Morgan fingerprint density at radius 3 is 2.50 bits per heavy atom. The maximum atomic E-state index is 11.3. The van der Waals surface area contributed by atoms with Crippen LogP contribution in [0.5, 0.6) is 5.75 Å². The van der Waals surface area contributed by atoms with Crippen LogP contribution in [0.15, 0.2) is 41.5 Å². The number of H-pyrrole nitrogens is 1. The summed E-state index contributed by atoms with van der Waals surface area (Å²) in [6.07, 6.45) is 3.29. The van der Waals surface area contributed by atoms with Gasteiger partial charge in [0.15, 0.2) is 0 Å². The summed E-state index contributed by atoms with van der Waals surface area (Å²) in [5.74, 6) is 0.775. The maximum Gasteiger partial charge on any atom is 0.330 e. The average molecular weight is 190 g/mol. The van der Waals surface area contributed by atoms with E-state index in [1.807, 2.05) is 24.3 Å². The van der Waals surface area contributed by atoms with Crippen molar-refractivity contribution < 1.29 is 4.74 Å². The Hall–Kier alpha value is -1.97. The number of imidazole rings is 1. The van der Waals surface area contributed by atoms with Crippen LogP contribution in [0.1, 0.15) is 0 Å². The molecule has 0 aliphatic carbocycles. The summed E-state index contributed by atoms with van der Waals surface area (Å²) in [6.45, 7) is 0. The lowest BCUT2D eigenvalue weighted by Gasteiger charge is -2.02. The number of rotatable bonds is 2. The quantitative estimate of drug-likeness (QED) is 0.772. The molecule has 0 amide bonds. The van der Waals surface area contributed by atoms with E-state index in [1.54, 1.807) is 19.5 Å². The molecule has 4 nitrogen and oxygen atoms in total. The van der Waals surface area contributed by atoms with Gasteiger partial charge in [0.1, 0.15) is 5.75 Å². The number of methoxy groups -OCH3 is 1. The van der Waals surface area contributed by atoms with E-state index in [1.165, 1.54) is 4.57 Å². The van der Waals surface area contributed by atoms with Crippen molar-refractivity contribution in [3.8, 4) is 11.4 Å². The Balaban J connectivity index is 2.44. The molecule has 72 valence electrons. The Labute approximate surface area is 80.8 Å². The fourth-order valence-electron chi connectivity index (χ4n) is 1.27. The normalized spacial score (nSPS) is 10.1. The number of aromatic nitrogens is 2. The molecule has 0 saturated heterocycles. The van der Waals surface area contributed by atoms with Gasteiger partial charge < -0.3 is 9.72 Å². The topological polar surface area (TPSA) is 47.0 Å². The molecule has 0 unspecified atom stereocenters. The van der Waals surface area contributed by atoms with Gasteiger partial charge >= 0.3 is 5.69 Å². The third-order valence-electron chi connectivity index (χ3n) is 2.00. The van der Waals surface area contributed by atoms with Crippen molar-refractivity contribution in [2.45, 2.75) is 0 Å². The van der Waals surface area contributed by atoms with Crippen molar-refractivity contribution in [3.63, 3.8) is 0 Å². The first-order valence-corrected chi connectivity index (χ1v) is 4.22. The van der Waals surface area contributed by atoms with Gasteiger partial charge in [-0.3, -0.25) is 4.57 Å². The van der Waals surface area contributed by atoms with Gasteiger partial charge in [-0.2, -0.15) is 0 Å². The highest BCUT2D eigenvalue weighted by molar-refractivity contribution is 5.37. The number of nitrogens with zero attached hydrogens (tertiary/aromatic N) is 1. The maximum absolute atomic E-state index is 11.3. The van der Waals surface area contributed by atoms with Crippen LogP contribution in [0, 0.1) is 0 Å². The molecule has 1 N–H and O–H groups in total. The molecular formula is C10H10N2O2. The second-order valence-electron chi connectivity index (χ2n) is 2.83. The highest BCUT2D eigenvalue weighted by atomic mass is 16.5. The van der Waals surface area contributed by atoms with Gasteiger partial charge in [-0.15, -0.1) is 0 Å². The molecule has 0 fully saturated rings. The molecule has 1 aromatic heterocycles. The van der Waals surface area contributed by atoms with E-state index in [-0.39, 0.29) is 5.69 Å². The molecule has 2 aromatic rings.